The first-order valence-corrected chi connectivity index (χ1v) is 10.1. The molecule has 1 amide bonds. The average Bonchev–Trinajstić information content (AvgIpc) is 2.81. The van der Waals surface area contributed by atoms with Crippen molar-refractivity contribution in [1.82, 2.24) is 15.1 Å². The van der Waals surface area contributed by atoms with Gasteiger partial charge in [-0.15, -0.1) is 0 Å². The minimum atomic E-state index is -4.54. The van der Waals surface area contributed by atoms with Gasteiger partial charge in [0.1, 0.15) is 11.4 Å². The van der Waals surface area contributed by atoms with Crippen molar-refractivity contribution in [2.24, 2.45) is 0 Å². The fourth-order valence-electron chi connectivity index (χ4n) is 3.14. The highest BCUT2D eigenvalue weighted by Crippen LogP contribution is 2.30. The summed E-state index contributed by atoms with van der Waals surface area (Å²) in [5, 5.41) is 16.2. The lowest BCUT2D eigenvalue weighted by atomic mass is 10.1. The Morgan fingerprint density at radius 2 is 1.88 bits per heavy atom. The molecular weight excluding hydrogens is 458 g/mol. The van der Waals surface area contributed by atoms with E-state index >= 15 is 0 Å². The van der Waals surface area contributed by atoms with Gasteiger partial charge in [-0.3, -0.25) is 9.59 Å². The first-order valence-electron chi connectivity index (χ1n) is 10.1. The summed E-state index contributed by atoms with van der Waals surface area (Å²) >= 11 is 0. The summed E-state index contributed by atoms with van der Waals surface area (Å²) < 4.78 is 58.3. The predicted octanol–water partition coefficient (Wildman–Crippen LogP) is 3.18. The number of carbonyl (C=O) groups is 1. The van der Waals surface area contributed by atoms with Gasteiger partial charge in [0.25, 0.3) is 11.5 Å². The average molecular weight is 479 g/mol. The highest BCUT2D eigenvalue weighted by Gasteiger charge is 2.30. The first kappa shape index (κ1) is 25.1. The van der Waals surface area contributed by atoms with Crippen molar-refractivity contribution in [3.05, 3.63) is 81.9 Å². The topological polar surface area (TPSA) is 93.4 Å². The summed E-state index contributed by atoms with van der Waals surface area (Å²) in [6.07, 6.45) is -4.27. The van der Waals surface area contributed by atoms with E-state index in [0.29, 0.717) is 0 Å². The number of nitrogens with zero attached hydrogens (tertiary/aromatic N) is 2. The molecule has 0 radical (unpaired) electrons. The van der Waals surface area contributed by atoms with Gasteiger partial charge in [-0.2, -0.15) is 23.0 Å². The Kier molecular flexibility index (Phi) is 7.79. The Balaban J connectivity index is 2.10. The molecule has 0 unspecified atom stereocenters. The number of methoxy groups -OCH3 is 1. The van der Waals surface area contributed by atoms with Gasteiger partial charge < -0.3 is 15.2 Å². The summed E-state index contributed by atoms with van der Waals surface area (Å²) in [7, 11) is 1.45. The lowest BCUT2D eigenvalue weighted by molar-refractivity contribution is -0.137. The summed E-state index contributed by atoms with van der Waals surface area (Å²) in [5.74, 6) is -1.49. The van der Waals surface area contributed by atoms with Gasteiger partial charge in [0.05, 0.1) is 29.6 Å². The number of aliphatic hydroxyl groups is 1. The SMILES string of the molecule is COCC[C@@H](CO)NC(=O)c1cc(-c2ccc(C(F)(F)F)cc2)nn(-c2cccc(F)c2)c1=O. The number of ether oxygens (including phenoxy) is 1. The normalized spacial score (nSPS) is 12.4. The molecule has 2 aromatic carbocycles. The molecule has 2 N–H and O–H groups in total. The largest absolute Gasteiger partial charge is 0.416 e. The zero-order valence-corrected chi connectivity index (χ0v) is 18.0. The van der Waals surface area contributed by atoms with Crippen molar-refractivity contribution < 1.29 is 32.2 Å². The number of amides is 1. The van der Waals surface area contributed by atoms with Crippen LogP contribution in [0.25, 0.3) is 16.9 Å². The van der Waals surface area contributed by atoms with E-state index in [1.165, 1.54) is 19.2 Å². The van der Waals surface area contributed by atoms with E-state index in [2.05, 4.69) is 10.4 Å². The number of hydrogen-bond donors (Lipinski definition) is 2. The molecule has 0 aliphatic rings. The molecule has 3 rings (SSSR count). The Hall–Kier alpha value is -3.57. The maximum absolute atomic E-state index is 13.8. The second-order valence-corrected chi connectivity index (χ2v) is 7.35. The number of aromatic nitrogens is 2. The molecular formula is C23H21F4N3O4. The van der Waals surface area contributed by atoms with Gasteiger partial charge in [0.2, 0.25) is 0 Å². The van der Waals surface area contributed by atoms with Crippen LogP contribution < -0.4 is 10.9 Å². The standard InChI is InChI=1S/C23H21F4N3O4/c1-34-10-9-17(13-31)28-21(32)19-12-20(14-5-7-15(8-6-14)23(25,26)27)29-30(22(19)33)18-4-2-3-16(24)11-18/h2-8,11-12,17,31H,9-10,13H2,1H3,(H,28,32)/t17-/m0/s1. The first-order chi connectivity index (χ1) is 16.1. The van der Waals surface area contributed by atoms with Crippen LogP contribution in [0.4, 0.5) is 17.6 Å². The van der Waals surface area contributed by atoms with Crippen molar-refractivity contribution in [1.29, 1.82) is 0 Å². The van der Waals surface area contributed by atoms with Gasteiger partial charge in [0, 0.05) is 19.3 Å². The van der Waals surface area contributed by atoms with Crippen molar-refractivity contribution >= 4 is 5.91 Å². The summed E-state index contributed by atoms with van der Waals surface area (Å²) in [5.41, 5.74) is -1.90. The third kappa shape index (κ3) is 5.86. The fraction of sp³-hybridized carbons (Fsp3) is 0.261. The zero-order valence-electron chi connectivity index (χ0n) is 18.0. The summed E-state index contributed by atoms with van der Waals surface area (Å²) in [4.78, 5) is 25.9. The Labute approximate surface area is 191 Å². The van der Waals surface area contributed by atoms with Gasteiger partial charge in [-0.25, -0.2) is 4.39 Å². The van der Waals surface area contributed by atoms with E-state index in [9.17, 15) is 32.3 Å². The third-order valence-corrected chi connectivity index (χ3v) is 4.94. The number of hydrogen-bond acceptors (Lipinski definition) is 5. The summed E-state index contributed by atoms with van der Waals surface area (Å²) in [6, 6.07) is 9.36. The molecule has 1 atom stereocenters. The molecule has 1 aromatic heterocycles. The molecule has 7 nitrogen and oxygen atoms in total. The van der Waals surface area contributed by atoms with E-state index < -0.39 is 41.7 Å². The van der Waals surface area contributed by atoms with Gasteiger partial charge >= 0.3 is 6.18 Å². The second-order valence-electron chi connectivity index (χ2n) is 7.35. The molecule has 3 aromatic rings. The predicted molar refractivity (Wildman–Crippen MR) is 115 cm³/mol. The lowest BCUT2D eigenvalue weighted by Crippen LogP contribution is -2.41. The van der Waals surface area contributed by atoms with E-state index in [4.69, 9.17) is 4.74 Å². The fourth-order valence-corrected chi connectivity index (χ4v) is 3.14. The number of alkyl halides is 3. The molecule has 34 heavy (non-hydrogen) atoms. The highest BCUT2D eigenvalue weighted by molar-refractivity contribution is 5.95. The van der Waals surface area contributed by atoms with Crippen LogP contribution >= 0.6 is 0 Å². The zero-order chi connectivity index (χ0) is 24.9. The van der Waals surface area contributed by atoms with Crippen molar-refractivity contribution in [2.75, 3.05) is 20.3 Å². The van der Waals surface area contributed by atoms with Crippen molar-refractivity contribution in [2.45, 2.75) is 18.6 Å². The maximum Gasteiger partial charge on any atom is 0.416 e. The van der Waals surface area contributed by atoms with Gasteiger partial charge in [0.15, 0.2) is 0 Å². The van der Waals surface area contributed by atoms with E-state index in [-0.39, 0.29) is 35.5 Å². The molecule has 180 valence electrons. The highest BCUT2D eigenvalue weighted by atomic mass is 19.4. The molecule has 0 aliphatic heterocycles. The third-order valence-electron chi connectivity index (χ3n) is 4.94. The van der Waals surface area contributed by atoms with E-state index in [0.717, 1.165) is 47.1 Å². The molecule has 0 bridgehead atoms. The van der Waals surface area contributed by atoms with Crippen LogP contribution in [0.2, 0.25) is 0 Å². The number of nitrogens with one attached hydrogen (secondary N) is 1. The molecule has 0 aliphatic carbocycles. The Bertz CT molecular complexity index is 1210. The van der Waals surface area contributed by atoms with Crippen LogP contribution in [0, 0.1) is 5.82 Å². The lowest BCUT2D eigenvalue weighted by Gasteiger charge is -2.17. The number of halogens is 4. The Morgan fingerprint density at radius 1 is 1.18 bits per heavy atom. The van der Waals surface area contributed by atoms with Crippen LogP contribution in [-0.2, 0) is 10.9 Å². The number of carbonyl (C=O) groups excluding carboxylic acids is 1. The smallest absolute Gasteiger partial charge is 0.394 e. The van der Waals surface area contributed by atoms with Crippen LogP contribution in [0.1, 0.15) is 22.3 Å². The molecule has 11 heteroatoms. The molecule has 1 heterocycles. The van der Waals surface area contributed by atoms with Crippen molar-refractivity contribution in [3.8, 4) is 16.9 Å². The van der Waals surface area contributed by atoms with E-state index in [1.54, 1.807) is 0 Å². The summed E-state index contributed by atoms with van der Waals surface area (Å²) in [6.45, 7) is -0.170. The molecule has 0 saturated heterocycles. The molecule has 0 fully saturated rings. The van der Waals surface area contributed by atoms with E-state index in [1.807, 2.05) is 0 Å². The molecule has 0 spiro atoms. The van der Waals surface area contributed by atoms with Crippen molar-refractivity contribution in [3.63, 3.8) is 0 Å². The quantitative estimate of drug-likeness (QED) is 0.484. The minimum Gasteiger partial charge on any atom is -0.394 e. The monoisotopic (exact) mass is 479 g/mol. The Morgan fingerprint density at radius 3 is 2.47 bits per heavy atom. The van der Waals surface area contributed by atoms with Gasteiger partial charge in [-0.1, -0.05) is 18.2 Å². The van der Waals surface area contributed by atoms with Gasteiger partial charge in [-0.05, 0) is 42.8 Å². The van der Waals surface area contributed by atoms with Crippen LogP contribution in [0.15, 0.2) is 59.4 Å². The van der Waals surface area contributed by atoms with Crippen LogP contribution in [0.3, 0.4) is 0 Å². The van der Waals surface area contributed by atoms with Crippen LogP contribution in [-0.4, -0.2) is 47.2 Å². The second kappa shape index (κ2) is 10.6. The number of benzene rings is 2. The number of rotatable bonds is 8. The number of aliphatic hydroxyl groups excluding tert-OH is 1. The van der Waals surface area contributed by atoms with Crippen LogP contribution in [0.5, 0.6) is 0 Å². The minimum absolute atomic E-state index is 0.0141. The maximum atomic E-state index is 13.8. The molecule has 0 saturated carbocycles.